The third-order valence-corrected chi connectivity index (χ3v) is 2.87. The van der Waals surface area contributed by atoms with Crippen LogP contribution in [0.2, 0.25) is 0 Å². The molecule has 1 amide bonds. The predicted octanol–water partition coefficient (Wildman–Crippen LogP) is 1.53. The molecule has 8 nitrogen and oxygen atoms in total. The summed E-state index contributed by atoms with van der Waals surface area (Å²) in [4.78, 5) is 15.9. The molecule has 0 aliphatic heterocycles. The molecule has 0 aliphatic carbocycles. The number of aryl methyl sites for hydroxylation is 1. The molecule has 0 saturated heterocycles. The first-order chi connectivity index (χ1) is 11.6. The highest BCUT2D eigenvalue weighted by Crippen LogP contribution is 2.21. The summed E-state index contributed by atoms with van der Waals surface area (Å²) < 4.78 is 15.4. The second kappa shape index (κ2) is 8.45. The average Bonchev–Trinajstić information content (AvgIpc) is 3.06. The van der Waals surface area contributed by atoms with Gasteiger partial charge in [0.15, 0.2) is 6.61 Å². The van der Waals surface area contributed by atoms with Gasteiger partial charge in [0.2, 0.25) is 5.88 Å². The number of pyridine rings is 1. The molecule has 0 fully saturated rings. The zero-order chi connectivity index (χ0) is 17.4. The molecular weight excluding hydrogens is 312 g/mol. The predicted molar refractivity (Wildman–Crippen MR) is 84.3 cm³/mol. The monoisotopic (exact) mass is 328 g/mol. The van der Waals surface area contributed by atoms with Crippen LogP contribution in [0.25, 0.3) is 0 Å². The molecule has 0 aromatic carbocycles. The lowest BCUT2D eigenvalue weighted by molar-refractivity contribution is -0.123. The smallest absolute Gasteiger partial charge is 0.278 e. The molecule has 24 heavy (non-hydrogen) atoms. The van der Waals surface area contributed by atoms with Crippen molar-refractivity contribution in [3.8, 4) is 11.9 Å². The van der Waals surface area contributed by atoms with E-state index < -0.39 is 5.91 Å². The van der Waals surface area contributed by atoms with Gasteiger partial charge in [0.05, 0.1) is 19.1 Å². The first-order valence-electron chi connectivity index (χ1n) is 7.01. The van der Waals surface area contributed by atoms with Crippen molar-refractivity contribution in [2.75, 3.05) is 13.7 Å². The third kappa shape index (κ3) is 4.66. The van der Waals surface area contributed by atoms with Gasteiger partial charge >= 0.3 is 0 Å². The van der Waals surface area contributed by atoms with Crippen LogP contribution in [0.3, 0.4) is 0 Å². The van der Waals surface area contributed by atoms with E-state index in [4.69, 9.17) is 13.9 Å². The molecule has 0 saturated carbocycles. The number of ether oxygens (including phenoxy) is 2. The molecule has 0 radical (unpaired) electrons. The highest BCUT2D eigenvalue weighted by molar-refractivity contribution is 5.81. The molecule has 0 unspecified atom stereocenters. The minimum absolute atomic E-state index is 0.0923. The molecule has 2 aromatic rings. The molecule has 0 spiro atoms. The van der Waals surface area contributed by atoms with Gasteiger partial charge in [-0.2, -0.15) is 10.4 Å². The number of aromatic nitrogens is 1. The molecule has 0 aliphatic rings. The van der Waals surface area contributed by atoms with Crippen molar-refractivity contribution in [3.05, 3.63) is 47.0 Å². The average molecular weight is 328 g/mol. The Morgan fingerprint density at radius 2 is 2.42 bits per heavy atom. The van der Waals surface area contributed by atoms with Crippen molar-refractivity contribution in [1.29, 1.82) is 5.26 Å². The maximum atomic E-state index is 11.7. The number of hydrazone groups is 1. The summed E-state index contributed by atoms with van der Waals surface area (Å²) in [6.45, 7) is 1.69. The highest BCUT2D eigenvalue weighted by atomic mass is 16.5. The van der Waals surface area contributed by atoms with E-state index in [1.807, 2.05) is 6.07 Å². The minimum atomic E-state index is -0.488. The Hall–Kier alpha value is -3.18. The fourth-order valence-electron chi connectivity index (χ4n) is 1.90. The van der Waals surface area contributed by atoms with E-state index in [9.17, 15) is 10.1 Å². The zero-order valence-corrected chi connectivity index (χ0v) is 13.3. The number of rotatable bonds is 7. The Balaban J connectivity index is 1.98. The van der Waals surface area contributed by atoms with Crippen molar-refractivity contribution >= 4 is 12.1 Å². The Kier molecular flexibility index (Phi) is 6.05. The van der Waals surface area contributed by atoms with Crippen LogP contribution in [-0.4, -0.2) is 30.8 Å². The first-order valence-corrected chi connectivity index (χ1v) is 7.01. The maximum absolute atomic E-state index is 11.7. The molecule has 2 heterocycles. The quantitative estimate of drug-likeness (QED) is 0.609. The number of methoxy groups -OCH3 is 1. The topological polar surface area (TPSA) is 110 Å². The molecule has 124 valence electrons. The lowest BCUT2D eigenvalue weighted by Gasteiger charge is -2.10. The molecule has 2 rings (SSSR count). The molecule has 1 N–H and O–H groups in total. The summed E-state index contributed by atoms with van der Waals surface area (Å²) in [5.41, 5.74) is 3.85. The van der Waals surface area contributed by atoms with E-state index in [1.165, 1.54) is 19.6 Å². The van der Waals surface area contributed by atoms with Crippen molar-refractivity contribution in [2.24, 2.45) is 5.10 Å². The van der Waals surface area contributed by atoms with Crippen LogP contribution >= 0.6 is 0 Å². The van der Waals surface area contributed by atoms with Crippen LogP contribution in [0, 0.1) is 18.3 Å². The number of nitriles is 1. The summed E-state index contributed by atoms with van der Waals surface area (Å²) in [6, 6.07) is 7.16. The number of carbonyl (C=O) groups excluding carboxylic acids is 1. The Bertz CT molecular complexity index is 763. The second-order valence-electron chi connectivity index (χ2n) is 4.75. The Morgan fingerprint density at radius 3 is 3.08 bits per heavy atom. The zero-order valence-electron chi connectivity index (χ0n) is 13.3. The standard InChI is InChI=1S/C16H16N4O4/c1-11-6-12(9-22-2)14(7-17)16(19-11)24-10-15(21)20-18-8-13-4-3-5-23-13/h3-6,8H,9-10H2,1-2H3,(H,20,21)/b18-8-. The van der Waals surface area contributed by atoms with Crippen LogP contribution in [0.1, 0.15) is 22.6 Å². The fourth-order valence-corrected chi connectivity index (χ4v) is 1.90. The minimum Gasteiger partial charge on any atom is -0.467 e. The van der Waals surface area contributed by atoms with Gasteiger partial charge in [-0.15, -0.1) is 0 Å². The molecule has 0 atom stereocenters. The van der Waals surface area contributed by atoms with Gasteiger partial charge in [-0.05, 0) is 25.1 Å². The van der Waals surface area contributed by atoms with Crippen molar-refractivity contribution < 1.29 is 18.7 Å². The van der Waals surface area contributed by atoms with E-state index in [0.717, 1.165) is 0 Å². The van der Waals surface area contributed by atoms with E-state index in [1.54, 1.807) is 25.1 Å². The molecular formula is C16H16N4O4. The van der Waals surface area contributed by atoms with E-state index in [2.05, 4.69) is 15.5 Å². The van der Waals surface area contributed by atoms with E-state index in [0.29, 0.717) is 17.0 Å². The lowest BCUT2D eigenvalue weighted by Crippen LogP contribution is -2.25. The molecule has 8 heteroatoms. The third-order valence-electron chi connectivity index (χ3n) is 2.87. The van der Waals surface area contributed by atoms with Crippen molar-refractivity contribution in [2.45, 2.75) is 13.5 Å². The lowest BCUT2D eigenvalue weighted by atomic mass is 10.1. The van der Waals surface area contributed by atoms with Gasteiger partial charge in [0, 0.05) is 18.4 Å². The second-order valence-corrected chi connectivity index (χ2v) is 4.75. The Labute approximate surface area is 138 Å². The molecule has 2 aromatic heterocycles. The van der Waals surface area contributed by atoms with Crippen LogP contribution in [-0.2, 0) is 16.1 Å². The molecule has 0 bridgehead atoms. The van der Waals surface area contributed by atoms with Gasteiger partial charge in [-0.1, -0.05) is 0 Å². The van der Waals surface area contributed by atoms with Gasteiger partial charge in [0.25, 0.3) is 5.91 Å². The van der Waals surface area contributed by atoms with Crippen molar-refractivity contribution in [1.82, 2.24) is 10.4 Å². The highest BCUT2D eigenvalue weighted by Gasteiger charge is 2.14. The Morgan fingerprint density at radius 1 is 1.58 bits per heavy atom. The number of nitrogens with one attached hydrogen (secondary N) is 1. The number of hydrogen-bond donors (Lipinski definition) is 1. The fraction of sp³-hybridized carbons (Fsp3) is 0.250. The number of carbonyl (C=O) groups is 1. The summed E-state index contributed by atoms with van der Waals surface area (Å²) in [7, 11) is 1.53. The summed E-state index contributed by atoms with van der Waals surface area (Å²) in [6.07, 6.45) is 2.86. The number of furan rings is 1. The van der Waals surface area contributed by atoms with Crippen LogP contribution in [0.5, 0.6) is 5.88 Å². The van der Waals surface area contributed by atoms with E-state index in [-0.39, 0.29) is 24.7 Å². The van der Waals surface area contributed by atoms with Crippen LogP contribution in [0.4, 0.5) is 0 Å². The van der Waals surface area contributed by atoms with Gasteiger partial charge < -0.3 is 13.9 Å². The van der Waals surface area contributed by atoms with E-state index >= 15 is 0 Å². The number of nitrogens with zero attached hydrogens (tertiary/aromatic N) is 3. The van der Waals surface area contributed by atoms with Gasteiger partial charge in [-0.25, -0.2) is 10.4 Å². The maximum Gasteiger partial charge on any atom is 0.278 e. The largest absolute Gasteiger partial charge is 0.467 e. The number of hydrogen-bond acceptors (Lipinski definition) is 7. The SMILES string of the molecule is COCc1cc(C)nc(OCC(=O)N/N=C\c2ccco2)c1C#N. The van der Waals surface area contributed by atoms with Gasteiger partial charge in [0.1, 0.15) is 17.4 Å². The number of amides is 1. The first kappa shape index (κ1) is 17.2. The normalized spacial score (nSPS) is 10.5. The van der Waals surface area contributed by atoms with Crippen LogP contribution in [0.15, 0.2) is 34.0 Å². The van der Waals surface area contributed by atoms with Crippen molar-refractivity contribution in [3.63, 3.8) is 0 Å². The van der Waals surface area contributed by atoms with Crippen LogP contribution < -0.4 is 10.2 Å². The van der Waals surface area contributed by atoms with Gasteiger partial charge in [-0.3, -0.25) is 4.79 Å². The summed E-state index contributed by atoms with van der Waals surface area (Å²) in [5, 5.41) is 13.0. The summed E-state index contributed by atoms with van der Waals surface area (Å²) >= 11 is 0. The summed E-state index contributed by atoms with van der Waals surface area (Å²) in [5.74, 6) is 0.112.